The van der Waals surface area contributed by atoms with Crippen LogP contribution >= 0.6 is 0 Å². The molecule has 0 aliphatic heterocycles. The van der Waals surface area contributed by atoms with Crippen LogP contribution in [0.25, 0.3) is 0 Å². The Balaban J connectivity index is 0. The van der Waals surface area contributed by atoms with Gasteiger partial charge in [-0.05, 0) is 0 Å². The third kappa shape index (κ3) is 231. The van der Waals surface area contributed by atoms with Crippen molar-refractivity contribution < 1.29 is 49.9 Å². The monoisotopic (exact) mass is 186 g/mol. The van der Waals surface area contributed by atoms with Gasteiger partial charge in [-0.1, -0.05) is 0 Å². The molecule has 0 aliphatic carbocycles. The summed E-state index contributed by atoms with van der Waals surface area (Å²) in [6.45, 7) is 0. The predicted octanol–water partition coefficient (Wildman–Crippen LogP) is -18.4. The molecule has 0 radical (unpaired) electrons. The van der Waals surface area contributed by atoms with E-state index in [2.05, 4.69) is 0 Å². The fraction of sp³-hybridized carbons (Fsp3) is 0. The second kappa shape index (κ2) is 357. The first kappa shape index (κ1) is 523. The van der Waals surface area contributed by atoms with Gasteiger partial charge in [0.25, 0.3) is 0 Å². The average Bonchev–Trinajstić information content (AvgIpc) is 0. The molecular formula is F6MgTi-2. The minimum Gasteiger partial charge on any atom is -1.00 e. The van der Waals surface area contributed by atoms with E-state index in [1.54, 1.807) is 0 Å². The van der Waals surface area contributed by atoms with Crippen LogP contribution in [0.5, 0.6) is 0 Å². The van der Waals surface area contributed by atoms with Crippen LogP contribution in [0.1, 0.15) is 0 Å². The molecule has 0 aromatic heterocycles. The van der Waals surface area contributed by atoms with Crippen molar-refractivity contribution in [2.45, 2.75) is 0 Å². The Labute approximate surface area is 73.0 Å². The number of halogens is 6. The molecule has 0 spiro atoms. The van der Waals surface area contributed by atoms with E-state index < -0.39 is 0 Å². The molecule has 0 nitrogen and oxygen atoms in total. The molecule has 0 saturated heterocycles. The normalized spacial score (nSPS) is 0. The molecule has 0 aromatic rings. The van der Waals surface area contributed by atoms with Crippen LogP contribution in [0.4, 0.5) is 0 Å². The predicted molar refractivity (Wildman–Crippen MR) is 5.75 cm³/mol. The average molecular weight is 186 g/mol. The molecule has 0 atom stereocenters. The Hall–Kier alpha value is 1.06. The molecule has 8 heavy (non-hydrogen) atoms. The fourth-order valence-electron chi connectivity index (χ4n) is 0. The van der Waals surface area contributed by atoms with Gasteiger partial charge in [0.05, 0.1) is 0 Å². The Bertz CT molecular complexity index is 8.49. The Morgan fingerprint density at radius 3 is 0.375 bits per heavy atom. The van der Waals surface area contributed by atoms with Crippen molar-refractivity contribution in [3.8, 4) is 0 Å². The van der Waals surface area contributed by atoms with Gasteiger partial charge in [-0.25, -0.2) is 0 Å². The quantitative estimate of drug-likeness (QED) is 0.260. The zero-order valence-corrected chi connectivity index (χ0v) is 6.45. The molecule has 0 bridgehead atoms. The number of rotatable bonds is 0. The molecule has 8 heteroatoms. The van der Waals surface area contributed by atoms with Crippen LogP contribution in [-0.4, -0.2) is 23.1 Å². The molecule has 0 rings (SSSR count). The molecule has 0 aliphatic rings. The van der Waals surface area contributed by atoms with E-state index in [0.29, 0.717) is 0 Å². The fourth-order valence-corrected chi connectivity index (χ4v) is 0. The van der Waals surface area contributed by atoms with Crippen LogP contribution in [0, 0.1) is 0 Å². The molecule has 0 amide bonds. The van der Waals surface area contributed by atoms with Gasteiger partial charge in [-0.2, -0.15) is 0 Å². The van der Waals surface area contributed by atoms with E-state index in [1.165, 1.54) is 0 Å². The van der Waals surface area contributed by atoms with Crippen LogP contribution in [0.3, 0.4) is 0 Å². The Morgan fingerprint density at radius 1 is 0.375 bits per heavy atom. The summed E-state index contributed by atoms with van der Waals surface area (Å²) in [4.78, 5) is 0. The van der Waals surface area contributed by atoms with Gasteiger partial charge in [-0.15, -0.1) is 0 Å². The van der Waals surface area contributed by atoms with Gasteiger partial charge >= 0.3 is 44.8 Å². The van der Waals surface area contributed by atoms with Crippen molar-refractivity contribution in [2.24, 2.45) is 0 Å². The van der Waals surface area contributed by atoms with Crippen molar-refractivity contribution in [1.82, 2.24) is 0 Å². The molecule has 0 fully saturated rings. The van der Waals surface area contributed by atoms with Crippen molar-refractivity contribution in [3.63, 3.8) is 0 Å². The number of hydrogen-bond acceptors (Lipinski definition) is 0. The van der Waals surface area contributed by atoms with E-state index in [9.17, 15) is 0 Å². The zero-order chi connectivity index (χ0) is 0. The third-order valence-corrected chi connectivity index (χ3v) is 0. The smallest absolute Gasteiger partial charge is 1.00 e. The Kier molecular flexibility index (Phi) is 23400. The van der Waals surface area contributed by atoms with Crippen molar-refractivity contribution in [3.05, 3.63) is 0 Å². The summed E-state index contributed by atoms with van der Waals surface area (Å²) in [6, 6.07) is 0. The summed E-state index contributed by atoms with van der Waals surface area (Å²) >= 11 is 0. The SMILES string of the molecule is [F-].[F-].[F-].[F-].[F-].[F-].[Mg+2].[Ti+2]. The summed E-state index contributed by atoms with van der Waals surface area (Å²) in [5, 5.41) is 0. The van der Waals surface area contributed by atoms with Crippen molar-refractivity contribution in [1.29, 1.82) is 0 Å². The maximum atomic E-state index is 0. The summed E-state index contributed by atoms with van der Waals surface area (Å²) in [5.74, 6) is 0. The molecule has 0 saturated carbocycles. The molecular weight excluding hydrogens is 186 g/mol. The minimum atomic E-state index is 0. The summed E-state index contributed by atoms with van der Waals surface area (Å²) < 4.78 is 0. The van der Waals surface area contributed by atoms with Crippen LogP contribution < -0.4 is 28.2 Å². The van der Waals surface area contributed by atoms with Gasteiger partial charge in [0.2, 0.25) is 0 Å². The first-order chi connectivity index (χ1) is 0. The van der Waals surface area contributed by atoms with Gasteiger partial charge in [-0.3, -0.25) is 0 Å². The van der Waals surface area contributed by atoms with Crippen molar-refractivity contribution >= 4 is 23.1 Å². The second-order valence-electron chi connectivity index (χ2n) is 0. The molecule has 0 aromatic carbocycles. The van der Waals surface area contributed by atoms with Crippen molar-refractivity contribution in [2.75, 3.05) is 0 Å². The maximum Gasteiger partial charge on any atom is 2.00 e. The van der Waals surface area contributed by atoms with Crippen LogP contribution in [0.15, 0.2) is 0 Å². The summed E-state index contributed by atoms with van der Waals surface area (Å²) in [7, 11) is 0. The minimum absolute atomic E-state index is 0. The maximum absolute atomic E-state index is 0. The van der Waals surface area contributed by atoms with Gasteiger partial charge < -0.3 is 28.2 Å². The van der Waals surface area contributed by atoms with Gasteiger partial charge in [0.1, 0.15) is 0 Å². The molecule has 0 heterocycles. The van der Waals surface area contributed by atoms with E-state index in [-0.39, 0.29) is 73.0 Å². The molecule has 0 unspecified atom stereocenters. The summed E-state index contributed by atoms with van der Waals surface area (Å²) in [5.41, 5.74) is 0. The standard InChI is InChI=1S/6FH.Mg.Ti/h6*1H;;/q;;;;;;2*+2/p-6. The van der Waals surface area contributed by atoms with Crippen LogP contribution in [0.2, 0.25) is 0 Å². The van der Waals surface area contributed by atoms with E-state index in [4.69, 9.17) is 0 Å². The second-order valence-corrected chi connectivity index (χ2v) is 0. The van der Waals surface area contributed by atoms with Crippen LogP contribution in [-0.2, 0) is 21.7 Å². The first-order valence-corrected chi connectivity index (χ1v) is 0. The topological polar surface area (TPSA) is 0 Å². The van der Waals surface area contributed by atoms with Gasteiger partial charge in [0, 0.05) is 0 Å². The molecule has 0 N–H and O–H groups in total. The molecule has 50 valence electrons. The third-order valence-electron chi connectivity index (χ3n) is 0. The van der Waals surface area contributed by atoms with E-state index in [0.717, 1.165) is 0 Å². The van der Waals surface area contributed by atoms with E-state index >= 15 is 0 Å². The van der Waals surface area contributed by atoms with E-state index in [1.807, 2.05) is 0 Å². The Morgan fingerprint density at radius 2 is 0.375 bits per heavy atom. The summed E-state index contributed by atoms with van der Waals surface area (Å²) in [6.07, 6.45) is 0. The zero-order valence-electron chi connectivity index (χ0n) is 3.47. The van der Waals surface area contributed by atoms with Gasteiger partial charge in [0.15, 0.2) is 0 Å². The largest absolute Gasteiger partial charge is 2.00 e. The number of hydrogen-bond donors (Lipinski definition) is 0. The first-order valence-electron chi connectivity index (χ1n) is 0.